The second-order valence-corrected chi connectivity index (χ2v) is 5.99. The van der Waals surface area contributed by atoms with E-state index >= 15 is 0 Å². The van der Waals surface area contributed by atoms with Gasteiger partial charge >= 0.3 is 0 Å². The summed E-state index contributed by atoms with van der Waals surface area (Å²) in [7, 11) is 0. The topological polar surface area (TPSA) is 20.2 Å². The Balaban J connectivity index is 1.77. The van der Waals surface area contributed by atoms with E-state index in [9.17, 15) is 5.11 Å². The van der Waals surface area contributed by atoms with Gasteiger partial charge in [0.25, 0.3) is 0 Å². The van der Waals surface area contributed by atoms with Gasteiger partial charge in [0.2, 0.25) is 0 Å². The lowest BCUT2D eigenvalue weighted by Gasteiger charge is -2.28. The Morgan fingerprint density at radius 2 is 2.06 bits per heavy atom. The van der Waals surface area contributed by atoms with E-state index in [-0.39, 0.29) is 5.41 Å². The Morgan fingerprint density at radius 3 is 2.69 bits per heavy atom. The van der Waals surface area contributed by atoms with Crippen LogP contribution in [0.15, 0.2) is 24.3 Å². The second-order valence-electron chi connectivity index (χ2n) is 5.99. The first-order chi connectivity index (χ1) is 7.71. The largest absolute Gasteiger partial charge is 0.396 e. The molecule has 2 aliphatic rings. The van der Waals surface area contributed by atoms with Crippen molar-refractivity contribution >= 4 is 0 Å². The van der Waals surface area contributed by atoms with Crippen molar-refractivity contribution in [2.45, 2.75) is 32.6 Å². The fourth-order valence-electron chi connectivity index (χ4n) is 3.59. The lowest BCUT2D eigenvalue weighted by atomic mass is 9.78. The van der Waals surface area contributed by atoms with Gasteiger partial charge in [0.1, 0.15) is 0 Å². The molecule has 1 aromatic rings. The number of fused-ring (bicyclic) bond motifs is 1. The highest BCUT2D eigenvalue weighted by molar-refractivity contribution is 5.24. The highest BCUT2D eigenvalue weighted by Gasteiger charge is 2.53. The molecule has 2 fully saturated rings. The summed E-state index contributed by atoms with van der Waals surface area (Å²) in [6.07, 6.45) is 5.00. The van der Waals surface area contributed by atoms with Crippen molar-refractivity contribution < 1.29 is 5.11 Å². The fraction of sp³-hybridized carbons (Fsp3) is 0.600. The summed E-state index contributed by atoms with van der Waals surface area (Å²) < 4.78 is 0. The summed E-state index contributed by atoms with van der Waals surface area (Å²) in [5, 5.41) is 9.69. The lowest BCUT2D eigenvalue weighted by molar-refractivity contribution is 0.117. The van der Waals surface area contributed by atoms with Gasteiger partial charge in [0, 0.05) is 6.61 Å². The summed E-state index contributed by atoms with van der Waals surface area (Å²) in [5.41, 5.74) is 2.94. The smallest absolute Gasteiger partial charge is 0.0490 e. The number of aryl methyl sites for hydroxylation is 1. The average molecular weight is 216 g/mol. The molecule has 0 heterocycles. The number of aliphatic hydroxyl groups is 1. The van der Waals surface area contributed by atoms with Gasteiger partial charge in [-0.25, -0.2) is 0 Å². The van der Waals surface area contributed by atoms with E-state index in [1.807, 2.05) is 0 Å². The number of hydrogen-bond acceptors (Lipinski definition) is 1. The summed E-state index contributed by atoms with van der Waals surface area (Å²) in [5.74, 6) is 1.88. The van der Waals surface area contributed by atoms with Crippen LogP contribution in [0, 0.1) is 24.2 Å². The molecule has 0 spiro atoms. The molecule has 86 valence electrons. The molecule has 1 aromatic carbocycles. The van der Waals surface area contributed by atoms with E-state index in [2.05, 4.69) is 31.2 Å². The van der Waals surface area contributed by atoms with Gasteiger partial charge < -0.3 is 5.11 Å². The summed E-state index contributed by atoms with van der Waals surface area (Å²) >= 11 is 0. The van der Waals surface area contributed by atoms with Crippen molar-refractivity contribution in [2.75, 3.05) is 6.61 Å². The zero-order valence-corrected chi connectivity index (χ0v) is 9.95. The number of aliphatic hydroxyl groups excluding tert-OH is 1. The van der Waals surface area contributed by atoms with Crippen molar-refractivity contribution in [3.8, 4) is 0 Å². The third kappa shape index (κ3) is 1.78. The molecule has 2 saturated carbocycles. The van der Waals surface area contributed by atoms with Gasteiger partial charge in [-0.1, -0.05) is 29.8 Å². The van der Waals surface area contributed by atoms with Gasteiger partial charge in [-0.3, -0.25) is 0 Å². The third-order valence-electron chi connectivity index (χ3n) is 4.46. The van der Waals surface area contributed by atoms with Crippen molar-refractivity contribution in [3.63, 3.8) is 0 Å². The van der Waals surface area contributed by atoms with E-state index in [1.165, 1.54) is 30.4 Å². The molecule has 0 amide bonds. The zero-order valence-electron chi connectivity index (χ0n) is 9.95. The highest BCUT2D eigenvalue weighted by atomic mass is 16.3. The molecule has 0 saturated heterocycles. The molecule has 0 radical (unpaired) electrons. The van der Waals surface area contributed by atoms with Crippen LogP contribution in [0.1, 0.15) is 30.4 Å². The molecular formula is C15H20O. The Morgan fingerprint density at radius 1 is 1.31 bits per heavy atom. The lowest BCUT2D eigenvalue weighted by Crippen LogP contribution is -2.26. The molecule has 2 atom stereocenters. The first-order valence-electron chi connectivity index (χ1n) is 6.37. The molecule has 0 aromatic heterocycles. The quantitative estimate of drug-likeness (QED) is 0.823. The molecule has 3 rings (SSSR count). The Kier molecular flexibility index (Phi) is 2.32. The summed E-state index contributed by atoms with van der Waals surface area (Å²) in [6, 6.07) is 8.74. The standard InChI is InChI=1S/C15H20O/c1-11-3-2-4-12(5-11)7-15(10-16)8-13-6-14(13)9-15/h2-5,13-14,16H,6-10H2,1H3. The molecule has 1 heteroatoms. The van der Waals surface area contributed by atoms with E-state index in [0.29, 0.717) is 6.61 Å². The maximum Gasteiger partial charge on any atom is 0.0490 e. The van der Waals surface area contributed by atoms with Crippen LogP contribution in [-0.4, -0.2) is 11.7 Å². The maximum absolute atomic E-state index is 9.69. The molecule has 1 nitrogen and oxygen atoms in total. The maximum atomic E-state index is 9.69. The van der Waals surface area contributed by atoms with Crippen LogP contribution >= 0.6 is 0 Å². The number of benzene rings is 1. The number of hydrogen-bond donors (Lipinski definition) is 1. The van der Waals surface area contributed by atoms with Crippen molar-refractivity contribution in [2.24, 2.45) is 17.3 Å². The zero-order chi connectivity index (χ0) is 11.2. The highest BCUT2D eigenvalue weighted by Crippen LogP contribution is 2.60. The van der Waals surface area contributed by atoms with Crippen LogP contribution in [0.5, 0.6) is 0 Å². The molecule has 16 heavy (non-hydrogen) atoms. The van der Waals surface area contributed by atoms with Crippen LogP contribution in [0.2, 0.25) is 0 Å². The molecule has 2 aliphatic carbocycles. The average Bonchev–Trinajstić information content (AvgIpc) is 2.87. The molecule has 2 unspecified atom stereocenters. The van der Waals surface area contributed by atoms with Crippen molar-refractivity contribution in [3.05, 3.63) is 35.4 Å². The van der Waals surface area contributed by atoms with Gasteiger partial charge in [-0.05, 0) is 55.4 Å². The fourth-order valence-corrected chi connectivity index (χ4v) is 3.59. The van der Waals surface area contributed by atoms with Crippen LogP contribution in [-0.2, 0) is 6.42 Å². The Hall–Kier alpha value is -0.820. The Bertz CT molecular complexity index is 386. The monoisotopic (exact) mass is 216 g/mol. The van der Waals surface area contributed by atoms with E-state index in [0.717, 1.165) is 18.3 Å². The number of rotatable bonds is 3. The molecular weight excluding hydrogens is 196 g/mol. The molecule has 1 N–H and O–H groups in total. The predicted octanol–water partition coefficient (Wildman–Crippen LogP) is 2.95. The van der Waals surface area contributed by atoms with Crippen LogP contribution < -0.4 is 0 Å². The first kappa shape index (κ1) is 10.3. The summed E-state index contributed by atoms with van der Waals surface area (Å²) in [4.78, 5) is 0. The second kappa shape index (κ2) is 3.59. The van der Waals surface area contributed by atoms with E-state index in [1.54, 1.807) is 0 Å². The normalized spacial score (nSPS) is 36.1. The summed E-state index contributed by atoms with van der Waals surface area (Å²) in [6.45, 7) is 2.51. The van der Waals surface area contributed by atoms with Crippen LogP contribution in [0.3, 0.4) is 0 Å². The minimum Gasteiger partial charge on any atom is -0.396 e. The van der Waals surface area contributed by atoms with Gasteiger partial charge in [0.05, 0.1) is 0 Å². The van der Waals surface area contributed by atoms with Gasteiger partial charge in [-0.15, -0.1) is 0 Å². The Labute approximate surface area is 97.5 Å². The SMILES string of the molecule is Cc1cccc(CC2(CO)CC3CC3C2)c1. The van der Waals surface area contributed by atoms with Gasteiger partial charge in [0.15, 0.2) is 0 Å². The van der Waals surface area contributed by atoms with Crippen molar-refractivity contribution in [1.29, 1.82) is 0 Å². The first-order valence-corrected chi connectivity index (χ1v) is 6.37. The van der Waals surface area contributed by atoms with Crippen LogP contribution in [0.25, 0.3) is 0 Å². The van der Waals surface area contributed by atoms with E-state index in [4.69, 9.17) is 0 Å². The predicted molar refractivity (Wildman–Crippen MR) is 65.2 cm³/mol. The third-order valence-corrected chi connectivity index (χ3v) is 4.46. The minimum atomic E-state index is 0.210. The molecule has 0 bridgehead atoms. The van der Waals surface area contributed by atoms with E-state index < -0.39 is 0 Å². The minimum absolute atomic E-state index is 0.210. The van der Waals surface area contributed by atoms with Gasteiger partial charge in [-0.2, -0.15) is 0 Å². The molecule has 0 aliphatic heterocycles. The van der Waals surface area contributed by atoms with Crippen LogP contribution in [0.4, 0.5) is 0 Å². The van der Waals surface area contributed by atoms with Crippen molar-refractivity contribution in [1.82, 2.24) is 0 Å².